The number of aryl methyl sites for hydroxylation is 2. The normalized spacial score (nSPS) is 14.9. The van der Waals surface area contributed by atoms with Crippen LogP contribution in [0.4, 0.5) is 0 Å². The predicted molar refractivity (Wildman–Crippen MR) is 106 cm³/mol. The fourth-order valence-electron chi connectivity index (χ4n) is 3.13. The van der Waals surface area contributed by atoms with Crippen molar-refractivity contribution in [2.45, 2.75) is 65.3 Å². The van der Waals surface area contributed by atoms with Gasteiger partial charge in [-0.3, -0.25) is 9.48 Å². The first-order valence-corrected chi connectivity index (χ1v) is 9.93. The molecule has 1 amide bonds. The van der Waals surface area contributed by atoms with Crippen LogP contribution in [0.3, 0.4) is 0 Å². The molecular weight excluding hydrogens is 340 g/mol. The summed E-state index contributed by atoms with van der Waals surface area (Å²) in [5, 5.41) is 11.0. The molecule has 2 aromatic rings. The third-order valence-electron chi connectivity index (χ3n) is 4.90. The predicted octanol–water partition coefficient (Wildman–Crippen LogP) is 2.80. The van der Waals surface area contributed by atoms with Gasteiger partial charge in [0.1, 0.15) is 5.75 Å². The van der Waals surface area contributed by atoms with E-state index < -0.39 is 0 Å². The minimum absolute atomic E-state index is 0.0367. The van der Waals surface area contributed by atoms with Crippen molar-refractivity contribution in [3.8, 4) is 5.75 Å². The van der Waals surface area contributed by atoms with Crippen molar-refractivity contribution in [2.24, 2.45) is 0 Å². The van der Waals surface area contributed by atoms with Crippen LogP contribution in [0.5, 0.6) is 5.75 Å². The van der Waals surface area contributed by atoms with Crippen LogP contribution >= 0.6 is 0 Å². The number of nitrogens with one attached hydrogen (secondary N) is 2. The number of nitrogens with zero attached hydrogens (tertiary/aromatic N) is 2. The van der Waals surface area contributed by atoms with E-state index in [4.69, 9.17) is 4.74 Å². The summed E-state index contributed by atoms with van der Waals surface area (Å²) in [6.07, 6.45) is 3.31. The first-order chi connectivity index (χ1) is 13.2. The average molecular weight is 370 g/mol. The van der Waals surface area contributed by atoms with E-state index in [1.807, 2.05) is 24.3 Å². The monoisotopic (exact) mass is 370 g/mol. The van der Waals surface area contributed by atoms with Gasteiger partial charge >= 0.3 is 0 Å². The summed E-state index contributed by atoms with van der Waals surface area (Å²) in [7, 11) is 0. The molecule has 1 aliphatic rings. The quantitative estimate of drug-likeness (QED) is 0.750. The molecule has 0 radical (unpaired) electrons. The second kappa shape index (κ2) is 9.55. The highest BCUT2D eigenvalue weighted by Crippen LogP contribution is 2.20. The number of amides is 1. The Balaban J connectivity index is 1.49. The van der Waals surface area contributed by atoms with Crippen LogP contribution in [0.2, 0.25) is 0 Å². The minimum atomic E-state index is 0.0367. The van der Waals surface area contributed by atoms with Gasteiger partial charge in [0.15, 0.2) is 0 Å². The molecule has 1 atom stereocenters. The summed E-state index contributed by atoms with van der Waals surface area (Å²) >= 11 is 0. The third kappa shape index (κ3) is 5.57. The molecule has 0 saturated heterocycles. The topological polar surface area (TPSA) is 68.2 Å². The fraction of sp³-hybridized carbons (Fsp3) is 0.524. The number of hydrogen-bond donors (Lipinski definition) is 2. The molecule has 0 bridgehead atoms. The Kier molecular flexibility index (Phi) is 6.87. The smallest absolute Gasteiger partial charge is 0.220 e. The van der Waals surface area contributed by atoms with Gasteiger partial charge in [0.2, 0.25) is 5.91 Å². The zero-order valence-corrected chi connectivity index (χ0v) is 16.3. The van der Waals surface area contributed by atoms with Crippen molar-refractivity contribution in [2.75, 3.05) is 6.54 Å². The molecule has 0 saturated carbocycles. The Morgan fingerprint density at radius 2 is 2.26 bits per heavy atom. The lowest BCUT2D eigenvalue weighted by atomic mass is 10.1. The summed E-state index contributed by atoms with van der Waals surface area (Å²) in [4.78, 5) is 12.3. The van der Waals surface area contributed by atoms with Gasteiger partial charge in [0.05, 0.1) is 17.5 Å². The van der Waals surface area contributed by atoms with Gasteiger partial charge < -0.3 is 15.4 Å². The molecule has 2 heterocycles. The highest BCUT2D eigenvalue weighted by atomic mass is 16.5. The van der Waals surface area contributed by atoms with E-state index in [1.54, 1.807) is 0 Å². The Bertz CT molecular complexity index is 733. The van der Waals surface area contributed by atoms with Crippen molar-refractivity contribution in [3.05, 3.63) is 47.3 Å². The highest BCUT2D eigenvalue weighted by molar-refractivity contribution is 5.76. The lowest BCUT2D eigenvalue weighted by Gasteiger charge is -2.16. The second-order valence-electron chi connectivity index (χ2n) is 7.10. The Morgan fingerprint density at radius 1 is 1.41 bits per heavy atom. The lowest BCUT2D eigenvalue weighted by molar-refractivity contribution is -0.121. The molecular formula is C21H30N4O2. The molecule has 146 valence electrons. The van der Waals surface area contributed by atoms with Gasteiger partial charge in [0, 0.05) is 38.0 Å². The van der Waals surface area contributed by atoms with Crippen LogP contribution in [-0.2, 0) is 30.8 Å². The zero-order valence-electron chi connectivity index (χ0n) is 16.3. The Labute approximate surface area is 161 Å². The Morgan fingerprint density at radius 3 is 3.11 bits per heavy atom. The molecule has 0 aliphatic carbocycles. The maximum atomic E-state index is 12.3. The first-order valence-electron chi connectivity index (χ1n) is 9.93. The number of ether oxygens (including phenoxy) is 1. The highest BCUT2D eigenvalue weighted by Gasteiger charge is 2.12. The number of fused-ring (bicyclic) bond motifs is 1. The molecule has 0 unspecified atom stereocenters. The first kappa shape index (κ1) is 19.4. The third-order valence-corrected chi connectivity index (χ3v) is 4.90. The number of carbonyl (C=O) groups excluding carboxylic acids is 1. The van der Waals surface area contributed by atoms with Crippen molar-refractivity contribution in [1.82, 2.24) is 20.4 Å². The number of carbonyl (C=O) groups is 1. The van der Waals surface area contributed by atoms with Crippen molar-refractivity contribution < 1.29 is 9.53 Å². The number of para-hydroxylation sites is 1. The fourth-order valence-corrected chi connectivity index (χ4v) is 3.13. The van der Waals surface area contributed by atoms with E-state index in [9.17, 15) is 4.79 Å². The van der Waals surface area contributed by atoms with Crippen molar-refractivity contribution >= 4 is 5.91 Å². The van der Waals surface area contributed by atoms with Crippen molar-refractivity contribution in [1.29, 1.82) is 0 Å². The molecule has 1 aromatic carbocycles. The maximum absolute atomic E-state index is 12.3. The molecule has 2 N–H and O–H groups in total. The molecule has 6 nitrogen and oxygen atoms in total. The van der Waals surface area contributed by atoms with E-state index in [1.165, 1.54) is 5.69 Å². The molecule has 1 aliphatic heterocycles. The summed E-state index contributed by atoms with van der Waals surface area (Å²) in [6, 6.07) is 10.00. The summed E-state index contributed by atoms with van der Waals surface area (Å²) in [5.74, 6) is 0.882. The summed E-state index contributed by atoms with van der Waals surface area (Å²) in [5.41, 5.74) is 3.20. The van der Waals surface area contributed by atoms with Gasteiger partial charge in [-0.1, -0.05) is 25.1 Å². The number of aromatic nitrogens is 2. The van der Waals surface area contributed by atoms with E-state index in [-0.39, 0.29) is 12.0 Å². The van der Waals surface area contributed by atoms with Crippen LogP contribution in [0.1, 0.15) is 50.1 Å². The zero-order chi connectivity index (χ0) is 19.1. The van der Waals surface area contributed by atoms with Crippen LogP contribution < -0.4 is 15.4 Å². The number of rotatable bonds is 8. The van der Waals surface area contributed by atoms with Gasteiger partial charge in [-0.15, -0.1) is 0 Å². The molecule has 1 aromatic heterocycles. The summed E-state index contributed by atoms with van der Waals surface area (Å²) in [6.45, 7) is 7.46. The maximum Gasteiger partial charge on any atom is 0.220 e. The van der Waals surface area contributed by atoms with E-state index in [2.05, 4.69) is 40.3 Å². The SMILES string of the molecule is CC[C@@H](C)Oc1ccccc1CNC(=O)CCc1cc2n(n1)CCCNC2. The summed E-state index contributed by atoms with van der Waals surface area (Å²) < 4.78 is 8.01. The van der Waals surface area contributed by atoms with Gasteiger partial charge in [-0.25, -0.2) is 0 Å². The molecule has 0 fully saturated rings. The van der Waals surface area contributed by atoms with Crippen LogP contribution in [0.15, 0.2) is 30.3 Å². The van der Waals surface area contributed by atoms with Gasteiger partial charge in [-0.2, -0.15) is 5.10 Å². The van der Waals surface area contributed by atoms with Gasteiger partial charge in [0.25, 0.3) is 0 Å². The molecule has 0 spiro atoms. The second-order valence-corrected chi connectivity index (χ2v) is 7.10. The van der Waals surface area contributed by atoms with E-state index >= 15 is 0 Å². The van der Waals surface area contributed by atoms with Crippen LogP contribution in [0, 0.1) is 0 Å². The van der Waals surface area contributed by atoms with Crippen LogP contribution in [-0.4, -0.2) is 28.3 Å². The molecule has 6 heteroatoms. The molecule has 3 rings (SSSR count). The van der Waals surface area contributed by atoms with Crippen molar-refractivity contribution in [3.63, 3.8) is 0 Å². The standard InChI is InChI=1S/C21H30N4O2/c1-3-16(2)27-20-8-5-4-7-17(20)14-23-21(26)10-9-18-13-19-15-22-11-6-12-25(19)24-18/h4-5,7-8,13,16,22H,3,6,9-12,14-15H2,1-2H3,(H,23,26)/t16-/m1/s1. The largest absolute Gasteiger partial charge is 0.490 e. The van der Waals surface area contributed by atoms with Gasteiger partial charge in [-0.05, 0) is 38.4 Å². The molecule has 27 heavy (non-hydrogen) atoms. The average Bonchev–Trinajstić information content (AvgIpc) is 2.94. The van der Waals surface area contributed by atoms with E-state index in [0.29, 0.717) is 19.4 Å². The van der Waals surface area contributed by atoms with E-state index in [0.717, 1.165) is 49.5 Å². The Hall–Kier alpha value is -2.34. The lowest BCUT2D eigenvalue weighted by Crippen LogP contribution is -2.23. The minimum Gasteiger partial charge on any atom is -0.490 e. The number of benzene rings is 1. The number of hydrogen-bond acceptors (Lipinski definition) is 4. The van der Waals surface area contributed by atoms with Crippen LogP contribution in [0.25, 0.3) is 0 Å².